The second kappa shape index (κ2) is 12.2. The highest BCUT2D eigenvalue weighted by atomic mass is 16.5. The van der Waals surface area contributed by atoms with E-state index in [-0.39, 0.29) is 12.8 Å². The highest BCUT2D eigenvalue weighted by Crippen LogP contribution is 2.31. The van der Waals surface area contributed by atoms with Crippen molar-refractivity contribution < 1.29 is 24.5 Å². The van der Waals surface area contributed by atoms with Gasteiger partial charge in [-0.15, -0.1) is 0 Å². The molecule has 0 aliphatic heterocycles. The van der Waals surface area contributed by atoms with Gasteiger partial charge in [-0.2, -0.15) is 10.4 Å². The van der Waals surface area contributed by atoms with Crippen LogP contribution in [0.1, 0.15) is 49.2 Å². The van der Waals surface area contributed by atoms with Crippen molar-refractivity contribution in [2.45, 2.75) is 53.0 Å². The molecule has 2 aromatic rings. The van der Waals surface area contributed by atoms with Crippen LogP contribution in [0.4, 0.5) is 0 Å². The molecule has 2 rings (SSSR count). The Labute approximate surface area is 175 Å². The molecule has 0 unspecified atom stereocenters. The summed E-state index contributed by atoms with van der Waals surface area (Å²) in [6.45, 7) is 7.30. The van der Waals surface area contributed by atoms with E-state index in [2.05, 4.69) is 25.0 Å². The molecule has 1 heterocycles. The van der Waals surface area contributed by atoms with E-state index in [0.717, 1.165) is 35.5 Å². The minimum Gasteiger partial charge on any atom is -0.481 e. The van der Waals surface area contributed by atoms with Crippen LogP contribution in [-0.2, 0) is 29.0 Å². The molecule has 1 aromatic carbocycles. The zero-order valence-corrected chi connectivity index (χ0v) is 17.5. The molecule has 0 amide bonds. The van der Waals surface area contributed by atoms with Gasteiger partial charge in [0.25, 0.3) is 0 Å². The van der Waals surface area contributed by atoms with Crippen LogP contribution in [0.5, 0.6) is 11.5 Å². The van der Waals surface area contributed by atoms with Gasteiger partial charge in [0.1, 0.15) is 11.4 Å². The number of carboxylic acids is 2. The van der Waals surface area contributed by atoms with Gasteiger partial charge in [0.15, 0.2) is 5.75 Å². The standard InChI is InChI=1S/C17H22N4O.C4H6O4/c1-4-15-17(16(5-2)21(20-15)7-6-18)22-14-9-12(3)8-13(10-14)11-19;5-3(6)1-2-4(7)8/h8-10H,4-7,18H2,1-3H3;1-2H2,(H,5,6)(H,7,8). The zero-order valence-electron chi connectivity index (χ0n) is 17.5. The van der Waals surface area contributed by atoms with Crippen molar-refractivity contribution in [1.82, 2.24) is 9.78 Å². The van der Waals surface area contributed by atoms with Crippen molar-refractivity contribution in [1.29, 1.82) is 5.26 Å². The van der Waals surface area contributed by atoms with E-state index < -0.39 is 11.9 Å². The number of nitriles is 1. The summed E-state index contributed by atoms with van der Waals surface area (Å²) in [5, 5.41) is 29.5. The summed E-state index contributed by atoms with van der Waals surface area (Å²) in [5.41, 5.74) is 9.22. The highest BCUT2D eigenvalue weighted by Gasteiger charge is 2.17. The highest BCUT2D eigenvalue weighted by molar-refractivity contribution is 5.75. The van der Waals surface area contributed by atoms with Gasteiger partial charge in [0.05, 0.1) is 36.7 Å². The van der Waals surface area contributed by atoms with Crippen molar-refractivity contribution >= 4 is 11.9 Å². The smallest absolute Gasteiger partial charge is 0.303 e. The van der Waals surface area contributed by atoms with E-state index in [1.54, 1.807) is 6.07 Å². The lowest BCUT2D eigenvalue weighted by Crippen LogP contribution is -2.13. The summed E-state index contributed by atoms with van der Waals surface area (Å²) in [5.74, 6) is -0.680. The molecule has 4 N–H and O–H groups in total. The molecule has 0 fully saturated rings. The Morgan fingerprint density at radius 3 is 2.27 bits per heavy atom. The van der Waals surface area contributed by atoms with Crippen LogP contribution in [-0.4, -0.2) is 38.5 Å². The predicted octanol–water partition coefficient (Wildman–Crippen LogP) is 2.87. The van der Waals surface area contributed by atoms with Gasteiger partial charge in [-0.1, -0.05) is 13.8 Å². The minimum atomic E-state index is -1.08. The molecular formula is C21H28N4O5. The van der Waals surface area contributed by atoms with Crippen molar-refractivity contribution in [2.75, 3.05) is 6.54 Å². The first-order valence-electron chi connectivity index (χ1n) is 9.67. The summed E-state index contributed by atoms with van der Waals surface area (Å²) in [7, 11) is 0. The molecule has 0 saturated heterocycles. The quantitative estimate of drug-likeness (QED) is 0.564. The lowest BCUT2D eigenvalue weighted by Gasteiger charge is -2.10. The Kier molecular flexibility index (Phi) is 10.1. The van der Waals surface area contributed by atoms with Crippen LogP contribution in [0.3, 0.4) is 0 Å². The molecule has 0 spiro atoms. The summed E-state index contributed by atoms with van der Waals surface area (Å²) in [4.78, 5) is 19.3. The Balaban J connectivity index is 0.000000479. The number of ether oxygens (including phenoxy) is 1. The lowest BCUT2D eigenvalue weighted by atomic mass is 10.1. The number of nitrogens with zero attached hydrogens (tertiary/aromatic N) is 3. The third kappa shape index (κ3) is 7.56. The maximum atomic E-state index is 9.64. The first-order chi connectivity index (χ1) is 14.2. The van der Waals surface area contributed by atoms with Crippen LogP contribution < -0.4 is 10.5 Å². The summed E-state index contributed by atoms with van der Waals surface area (Å²) in [6.07, 6.45) is 1.01. The molecule has 0 saturated carbocycles. The third-order valence-corrected chi connectivity index (χ3v) is 4.04. The topological polar surface area (TPSA) is 151 Å². The van der Waals surface area contributed by atoms with Gasteiger partial charge >= 0.3 is 11.9 Å². The van der Waals surface area contributed by atoms with Crippen LogP contribution in [0.15, 0.2) is 18.2 Å². The summed E-state index contributed by atoms with van der Waals surface area (Å²) in [6, 6.07) is 7.69. The van der Waals surface area contributed by atoms with Crippen LogP contribution >= 0.6 is 0 Å². The van der Waals surface area contributed by atoms with E-state index in [4.69, 9.17) is 25.9 Å². The van der Waals surface area contributed by atoms with E-state index >= 15 is 0 Å². The van der Waals surface area contributed by atoms with E-state index in [0.29, 0.717) is 24.4 Å². The maximum Gasteiger partial charge on any atom is 0.303 e. The number of aliphatic carboxylic acids is 2. The first kappa shape index (κ1) is 24.7. The number of carbonyl (C=O) groups is 2. The van der Waals surface area contributed by atoms with Crippen molar-refractivity contribution in [3.05, 3.63) is 40.7 Å². The number of rotatable bonds is 9. The molecule has 0 aliphatic rings. The summed E-state index contributed by atoms with van der Waals surface area (Å²) >= 11 is 0. The largest absolute Gasteiger partial charge is 0.481 e. The van der Waals surface area contributed by atoms with Gasteiger partial charge in [-0.3, -0.25) is 14.3 Å². The predicted molar refractivity (Wildman–Crippen MR) is 111 cm³/mol. The van der Waals surface area contributed by atoms with E-state index in [1.165, 1.54) is 0 Å². The molecule has 162 valence electrons. The van der Waals surface area contributed by atoms with Crippen molar-refractivity contribution in [2.24, 2.45) is 5.73 Å². The fraction of sp³-hybridized carbons (Fsp3) is 0.429. The molecule has 0 aliphatic carbocycles. The molecule has 1 aromatic heterocycles. The zero-order chi connectivity index (χ0) is 22.7. The lowest BCUT2D eigenvalue weighted by molar-refractivity contribution is -0.143. The van der Waals surface area contributed by atoms with E-state index in [1.807, 2.05) is 23.7 Å². The summed E-state index contributed by atoms with van der Waals surface area (Å²) < 4.78 is 8.02. The van der Waals surface area contributed by atoms with Crippen LogP contribution in [0, 0.1) is 18.3 Å². The second-order valence-corrected chi connectivity index (χ2v) is 6.48. The van der Waals surface area contributed by atoms with Crippen LogP contribution in [0.25, 0.3) is 0 Å². The number of carboxylic acid groups (broad SMARTS) is 2. The maximum absolute atomic E-state index is 9.64. The Bertz CT molecular complexity index is 901. The van der Waals surface area contributed by atoms with Crippen molar-refractivity contribution in [3.8, 4) is 17.6 Å². The van der Waals surface area contributed by atoms with Gasteiger partial charge in [-0.05, 0) is 43.5 Å². The molecule has 30 heavy (non-hydrogen) atoms. The number of benzene rings is 1. The fourth-order valence-corrected chi connectivity index (χ4v) is 2.74. The molecule has 0 bridgehead atoms. The molecule has 0 radical (unpaired) electrons. The Morgan fingerprint density at radius 2 is 1.80 bits per heavy atom. The molecule has 0 atom stereocenters. The van der Waals surface area contributed by atoms with E-state index in [9.17, 15) is 9.59 Å². The number of aryl methyl sites for hydroxylation is 2. The minimum absolute atomic E-state index is 0.296. The van der Waals surface area contributed by atoms with Crippen LogP contribution in [0.2, 0.25) is 0 Å². The number of hydrogen-bond acceptors (Lipinski definition) is 6. The Morgan fingerprint density at radius 1 is 1.17 bits per heavy atom. The van der Waals surface area contributed by atoms with Gasteiger partial charge in [0.2, 0.25) is 0 Å². The first-order valence-corrected chi connectivity index (χ1v) is 9.67. The average molecular weight is 416 g/mol. The third-order valence-electron chi connectivity index (χ3n) is 4.04. The molecule has 9 nitrogen and oxygen atoms in total. The Hall–Kier alpha value is -3.38. The molecular weight excluding hydrogens is 388 g/mol. The fourth-order valence-electron chi connectivity index (χ4n) is 2.74. The van der Waals surface area contributed by atoms with Gasteiger partial charge < -0.3 is 20.7 Å². The number of aromatic nitrogens is 2. The van der Waals surface area contributed by atoms with Crippen molar-refractivity contribution in [3.63, 3.8) is 0 Å². The second-order valence-electron chi connectivity index (χ2n) is 6.48. The normalized spacial score (nSPS) is 9.97. The number of hydrogen-bond donors (Lipinski definition) is 3. The monoisotopic (exact) mass is 416 g/mol. The molecule has 9 heteroatoms. The SMILES string of the molecule is CCc1nn(CCN)c(CC)c1Oc1cc(C)cc(C#N)c1.O=C(O)CCC(=O)O. The number of nitrogens with two attached hydrogens (primary N) is 1. The van der Waals surface area contributed by atoms with Gasteiger partial charge in [-0.25, -0.2) is 0 Å². The van der Waals surface area contributed by atoms with Gasteiger partial charge in [0, 0.05) is 6.54 Å². The average Bonchev–Trinajstić information content (AvgIpc) is 3.02.